The fourth-order valence-corrected chi connectivity index (χ4v) is 10.7. The lowest BCUT2D eigenvalue weighted by Gasteiger charge is -2.34. The first-order valence-electron chi connectivity index (χ1n) is 28.1. The van der Waals surface area contributed by atoms with E-state index in [9.17, 15) is 97.3 Å². The van der Waals surface area contributed by atoms with Gasteiger partial charge in [-0.05, 0) is 67.4 Å². The molecule has 3 aromatic carbocycles. The number of rotatable bonds is 18. The largest absolute Gasteiger partial charge is 0.504 e. The summed E-state index contributed by atoms with van der Waals surface area (Å²) >= 11 is 0. The van der Waals surface area contributed by atoms with Crippen molar-refractivity contribution in [2.75, 3.05) is 19.7 Å². The number of fused-ring (bicyclic) bond motifs is 2. The van der Waals surface area contributed by atoms with Gasteiger partial charge in [0.25, 0.3) is 5.91 Å². The maximum atomic E-state index is 14.7. The number of nitrogens with one attached hydrogen (secondary N) is 5. The normalized spacial score (nSPS) is 26.4. The van der Waals surface area contributed by atoms with Crippen molar-refractivity contribution in [2.45, 2.75) is 145 Å². The number of hydrogen-bond donors (Lipinski definition) is 16. The Morgan fingerprint density at radius 3 is 2.07 bits per heavy atom. The lowest BCUT2D eigenvalue weighted by molar-refractivity contribution is -0.149. The summed E-state index contributed by atoms with van der Waals surface area (Å²) in [4.78, 5) is 115. The molecule has 0 radical (unpaired) electrons. The summed E-state index contributed by atoms with van der Waals surface area (Å²) in [7, 11) is -5.35. The molecule has 4 heterocycles. The minimum Gasteiger partial charge on any atom is -0.504 e. The Bertz CT molecular complexity index is 3340. The Labute approximate surface area is 507 Å². The number of unbranched alkanes of at least 4 members (excludes halogenated alkanes) is 2. The van der Waals surface area contributed by atoms with Crippen molar-refractivity contribution in [3.05, 3.63) is 83.9 Å². The summed E-state index contributed by atoms with van der Waals surface area (Å²) in [6.45, 7) is 3.74. The zero-order chi connectivity index (χ0) is 65.3. The lowest BCUT2D eigenvalue weighted by Crippen LogP contribution is -2.64. The fourth-order valence-electron chi connectivity index (χ4n) is 10.3. The van der Waals surface area contributed by atoms with E-state index >= 15 is 0 Å². The molecule has 17 N–H and O–H groups in total. The van der Waals surface area contributed by atoms with Crippen molar-refractivity contribution in [3.8, 4) is 39.8 Å². The van der Waals surface area contributed by atoms with Crippen LogP contribution < -0.4 is 41.2 Å². The van der Waals surface area contributed by atoms with Crippen LogP contribution in [0.2, 0.25) is 0 Å². The Hall–Kier alpha value is -8.38. The van der Waals surface area contributed by atoms with Crippen LogP contribution in [-0.2, 0) is 44.0 Å². The number of nitrogens with two attached hydrogens (primary N) is 1. The molecule has 32 nitrogen and oxygen atoms in total. The number of phenolic OH excluding ortho intramolecular Hbond substituents is 1. The topological polar surface area (TPSA) is 510 Å². The van der Waals surface area contributed by atoms with Gasteiger partial charge >= 0.3 is 10.4 Å². The smallest absolute Gasteiger partial charge is 0.446 e. The van der Waals surface area contributed by atoms with E-state index in [0.29, 0.717) is 56.9 Å². The van der Waals surface area contributed by atoms with Gasteiger partial charge < -0.3 is 102 Å². The van der Waals surface area contributed by atoms with Crippen molar-refractivity contribution in [3.63, 3.8) is 0 Å². The number of carbonyl (C=O) groups is 8. The Kier molecular flexibility index (Phi) is 22.4. The van der Waals surface area contributed by atoms with E-state index in [4.69, 9.17) is 15.0 Å². The summed E-state index contributed by atoms with van der Waals surface area (Å²) in [5.74, 6) is -12.9. The number of amides is 8. The molecule has 1 aromatic heterocycles. The van der Waals surface area contributed by atoms with Crippen molar-refractivity contribution >= 4 is 57.7 Å². The Morgan fingerprint density at radius 2 is 1.43 bits per heavy atom. The molecule has 484 valence electrons. The highest BCUT2D eigenvalue weighted by Gasteiger charge is 2.51. The van der Waals surface area contributed by atoms with E-state index in [2.05, 4.69) is 32.2 Å². The number of aliphatic hydroxyl groups excluding tert-OH is 8. The molecule has 8 amide bonds. The zero-order valence-electron chi connectivity index (χ0n) is 48.1. The molecule has 89 heavy (non-hydrogen) atoms. The highest BCUT2D eigenvalue weighted by molar-refractivity contribution is 7.81. The van der Waals surface area contributed by atoms with Gasteiger partial charge in [-0.2, -0.15) is 8.42 Å². The monoisotopic (exact) mass is 1270 g/mol. The van der Waals surface area contributed by atoms with Crippen LogP contribution in [0.1, 0.15) is 81.3 Å². The highest BCUT2D eigenvalue weighted by atomic mass is 32.3. The molecule has 0 saturated carbocycles. The second kappa shape index (κ2) is 29.3. The molecule has 7 rings (SSSR count). The van der Waals surface area contributed by atoms with Crippen LogP contribution in [0.15, 0.2) is 77.3 Å². The summed E-state index contributed by atoms with van der Waals surface area (Å²) in [5.41, 5.74) is 6.17. The molecule has 4 unspecified atom stereocenters. The van der Waals surface area contributed by atoms with Gasteiger partial charge in [-0.25, -0.2) is 0 Å². The van der Waals surface area contributed by atoms with Crippen LogP contribution in [0.5, 0.6) is 17.2 Å². The van der Waals surface area contributed by atoms with Gasteiger partial charge in [0.2, 0.25) is 41.4 Å². The molecular weight excluding hydrogens is 1200 g/mol. The maximum Gasteiger partial charge on any atom is 0.446 e. The first kappa shape index (κ1) is 68.1. The number of nitrogens with zero attached hydrogens (tertiary/aromatic N) is 3. The molecule has 15 atom stereocenters. The second-order valence-electron chi connectivity index (χ2n) is 21.9. The Morgan fingerprint density at radius 1 is 0.787 bits per heavy atom. The number of aliphatic hydroxyl groups is 8. The van der Waals surface area contributed by atoms with E-state index in [-0.39, 0.29) is 5.56 Å². The molecular formula is C56H71N9O23S. The van der Waals surface area contributed by atoms with Gasteiger partial charge in [-0.15, -0.1) is 0 Å². The summed E-state index contributed by atoms with van der Waals surface area (Å²) in [6, 6.07) is 3.52. The van der Waals surface area contributed by atoms with E-state index in [1.807, 2.05) is 10.6 Å². The summed E-state index contributed by atoms with van der Waals surface area (Å²) < 4.78 is 48.1. The average molecular weight is 1270 g/mol. The molecule has 3 fully saturated rings. The van der Waals surface area contributed by atoms with Gasteiger partial charge in [-0.1, -0.05) is 50.0 Å². The fraction of sp³-hybridized carbons (Fsp3) is 0.482. The lowest BCUT2D eigenvalue weighted by atomic mass is 9.96. The molecule has 3 saturated heterocycles. The maximum absolute atomic E-state index is 14.7. The third kappa shape index (κ3) is 16.9. The number of carbonyl (C=O) groups excluding carboxylic acids is 8. The van der Waals surface area contributed by atoms with Crippen molar-refractivity contribution < 1.29 is 111 Å². The van der Waals surface area contributed by atoms with E-state index in [1.165, 1.54) is 31.2 Å². The number of primary amides is 1. The third-order valence-corrected chi connectivity index (χ3v) is 15.6. The van der Waals surface area contributed by atoms with Crippen LogP contribution in [0.3, 0.4) is 0 Å². The van der Waals surface area contributed by atoms with Gasteiger partial charge in [0.1, 0.15) is 66.0 Å². The SMILES string of the molecule is CCCCCOc1ccc(-c2cc(-c3ccc(C(=O)N[C@H]4C[C@@H](O)[C@@H](O)NC(=O)C5[C@@H](O)[C@@H](C)CN5C(=O)[C@H]([C@H](O)CC(N)=O)NC(=O)C([C@H](O)[C@@H](O)c5ccc(O)c(OS(=O)(=O)O)c5)NC(=O)C5C[C@@H](O)CN5C(=O)C([C@@H](C)O)NC4=O)cc3)no2)cc1. The average Bonchev–Trinajstić information content (AvgIpc) is 2.76. The molecule has 0 spiro atoms. The van der Waals surface area contributed by atoms with Crippen molar-refractivity contribution in [1.29, 1.82) is 0 Å². The first-order valence-corrected chi connectivity index (χ1v) is 29.5. The van der Waals surface area contributed by atoms with E-state index < -0.39 is 198 Å². The quantitative estimate of drug-likeness (QED) is 0.0334. The molecule has 0 bridgehead atoms. The number of benzene rings is 3. The minimum atomic E-state index is -5.35. The first-order chi connectivity index (χ1) is 42.0. The van der Waals surface area contributed by atoms with Crippen LogP contribution in [0, 0.1) is 5.92 Å². The van der Waals surface area contributed by atoms with E-state index in [0.717, 1.165) is 32.3 Å². The number of aromatic nitrogens is 1. The molecule has 0 aliphatic carbocycles. The Balaban J connectivity index is 1.22. The summed E-state index contributed by atoms with van der Waals surface area (Å²) in [5, 5.41) is 116. The zero-order valence-corrected chi connectivity index (χ0v) is 48.9. The van der Waals surface area contributed by atoms with Crippen LogP contribution in [0.4, 0.5) is 0 Å². The molecule has 3 aliphatic heterocycles. The van der Waals surface area contributed by atoms with Crippen LogP contribution >= 0.6 is 0 Å². The minimum absolute atomic E-state index is 0.107. The van der Waals surface area contributed by atoms with Crippen LogP contribution in [0.25, 0.3) is 22.6 Å². The standard InChI is InChI=1S/C56H71N9O23S/c1-4-5-6-17-86-32-14-11-28(12-15-32)39-21-33(63-87-39)27-7-9-29(10-8-27)49(75)58-34-20-38(70)52(78)62-54(80)45-46(72)25(2)23-65(45)56(82)43(37(69)22-41(57)71)60-53(79)44(48(74)47(73)30-13-16-36(68)40(18-30)88-89(83,84)85)61-51(77)35-19-31(67)24-64(35)55(81)42(26(3)66)59-50(34)76/h7-16,18,21,25-26,31,34-35,37-38,42-48,52,66-70,72-74,78H,4-6,17,19-20,22-24H2,1-3H3,(H2,57,71)(H,58,75)(H,59,76)(H,60,79)(H,61,77)(H,62,80)(H,83,84,85)/t25-,26+,31+,34-,35?,37+,38+,42?,43-,44?,45?,46-,47-,48-,52+/m0/s1. The van der Waals surface area contributed by atoms with Crippen molar-refractivity contribution in [2.24, 2.45) is 11.7 Å². The highest BCUT2D eigenvalue weighted by Crippen LogP contribution is 2.34. The van der Waals surface area contributed by atoms with Crippen molar-refractivity contribution in [1.82, 2.24) is 41.5 Å². The molecule has 4 aromatic rings. The number of hydrogen-bond acceptors (Lipinski definition) is 23. The number of ether oxygens (including phenoxy) is 1. The second-order valence-corrected chi connectivity index (χ2v) is 22.9. The summed E-state index contributed by atoms with van der Waals surface area (Å²) in [6.07, 6.45) is -17.3. The predicted octanol–water partition coefficient (Wildman–Crippen LogP) is -3.90. The van der Waals surface area contributed by atoms with Gasteiger partial charge in [0.05, 0.1) is 37.4 Å². The number of phenols is 1. The molecule has 3 aliphatic rings. The van der Waals surface area contributed by atoms with E-state index in [1.54, 1.807) is 30.3 Å². The van der Waals surface area contributed by atoms with Gasteiger partial charge in [0.15, 0.2) is 23.5 Å². The number of aromatic hydroxyl groups is 1. The van der Waals surface area contributed by atoms with Gasteiger partial charge in [0, 0.05) is 54.6 Å². The molecule has 33 heteroatoms. The third-order valence-electron chi connectivity index (χ3n) is 15.2. The van der Waals surface area contributed by atoms with Crippen LogP contribution in [-0.4, -0.2) is 220 Å². The van der Waals surface area contributed by atoms with Gasteiger partial charge in [-0.3, -0.25) is 42.9 Å². The predicted molar refractivity (Wildman–Crippen MR) is 304 cm³/mol.